The molecule has 1 atom stereocenters. The Balaban J connectivity index is 2.81. The molecule has 1 aromatic rings. The first-order valence-electron chi connectivity index (χ1n) is 7.41. The lowest BCUT2D eigenvalue weighted by Crippen LogP contribution is -2.43. The smallest absolute Gasteiger partial charge is 0.340 e. The Bertz CT molecular complexity index is 571. The lowest BCUT2D eigenvalue weighted by Gasteiger charge is -2.17. The standard InChI is InChI=1S/C16H22N2O5/c1-4-23-15(21)11-7-5-6-8-12(11)17-16(22)18-13(14(19)20)9-10(2)3/h5-8,10,13H,4,9H2,1-3H3,(H,19,20)(H2,17,18,22)/t13-/m0/s1. The topological polar surface area (TPSA) is 105 Å². The number of ether oxygens (including phenoxy) is 1. The van der Waals surface area contributed by atoms with E-state index in [9.17, 15) is 14.4 Å². The van der Waals surface area contributed by atoms with E-state index in [0.717, 1.165) is 0 Å². The molecule has 0 aromatic heterocycles. The molecule has 0 fully saturated rings. The SMILES string of the molecule is CCOC(=O)c1ccccc1NC(=O)N[C@@H](CC(C)C)C(=O)O. The van der Waals surface area contributed by atoms with Crippen LogP contribution in [0, 0.1) is 5.92 Å². The van der Waals surface area contributed by atoms with Gasteiger partial charge in [0.05, 0.1) is 17.9 Å². The number of urea groups is 1. The number of rotatable bonds is 7. The normalized spacial score (nSPS) is 11.7. The van der Waals surface area contributed by atoms with Gasteiger partial charge in [0.15, 0.2) is 0 Å². The zero-order chi connectivity index (χ0) is 17.4. The van der Waals surface area contributed by atoms with Gasteiger partial charge in [0.2, 0.25) is 0 Å². The number of hydrogen-bond donors (Lipinski definition) is 3. The first-order valence-corrected chi connectivity index (χ1v) is 7.41. The maximum absolute atomic E-state index is 12.0. The first-order chi connectivity index (χ1) is 10.8. The number of amides is 2. The van der Waals surface area contributed by atoms with E-state index in [1.54, 1.807) is 25.1 Å². The van der Waals surface area contributed by atoms with E-state index >= 15 is 0 Å². The molecule has 1 aromatic carbocycles. The summed E-state index contributed by atoms with van der Waals surface area (Å²) in [6, 6.07) is 4.69. The number of esters is 1. The molecular formula is C16H22N2O5. The Morgan fingerprint density at radius 3 is 2.43 bits per heavy atom. The molecule has 0 aliphatic heterocycles. The van der Waals surface area contributed by atoms with Gasteiger partial charge in [-0.1, -0.05) is 26.0 Å². The van der Waals surface area contributed by atoms with Gasteiger partial charge >= 0.3 is 18.0 Å². The summed E-state index contributed by atoms with van der Waals surface area (Å²) in [5.74, 6) is -1.55. The minimum atomic E-state index is -1.10. The monoisotopic (exact) mass is 322 g/mol. The Morgan fingerprint density at radius 2 is 1.87 bits per heavy atom. The van der Waals surface area contributed by atoms with Crippen LogP contribution in [-0.2, 0) is 9.53 Å². The molecule has 0 bridgehead atoms. The van der Waals surface area contributed by atoms with E-state index in [4.69, 9.17) is 9.84 Å². The summed E-state index contributed by atoms with van der Waals surface area (Å²) >= 11 is 0. The second-order valence-corrected chi connectivity index (χ2v) is 5.38. The third kappa shape index (κ3) is 5.98. The van der Waals surface area contributed by atoms with Crippen molar-refractivity contribution in [2.24, 2.45) is 5.92 Å². The van der Waals surface area contributed by atoms with Crippen molar-refractivity contribution in [3.63, 3.8) is 0 Å². The summed E-state index contributed by atoms with van der Waals surface area (Å²) in [5, 5.41) is 14.0. The molecule has 7 heteroatoms. The summed E-state index contributed by atoms with van der Waals surface area (Å²) in [5.41, 5.74) is 0.470. The number of carboxylic acids is 1. The molecule has 23 heavy (non-hydrogen) atoms. The van der Waals surface area contributed by atoms with E-state index in [1.165, 1.54) is 6.07 Å². The number of carbonyl (C=O) groups excluding carboxylic acids is 2. The molecule has 0 heterocycles. The number of benzene rings is 1. The van der Waals surface area contributed by atoms with Gasteiger partial charge in [0, 0.05) is 0 Å². The third-order valence-corrected chi connectivity index (χ3v) is 2.98. The van der Waals surface area contributed by atoms with Crippen molar-refractivity contribution in [1.29, 1.82) is 0 Å². The summed E-state index contributed by atoms with van der Waals surface area (Å²) in [4.78, 5) is 35.0. The minimum absolute atomic E-state index is 0.114. The highest BCUT2D eigenvalue weighted by atomic mass is 16.5. The van der Waals surface area contributed by atoms with Gasteiger partial charge in [-0.15, -0.1) is 0 Å². The van der Waals surface area contributed by atoms with Crippen LogP contribution in [-0.4, -0.2) is 35.7 Å². The average molecular weight is 322 g/mol. The predicted octanol–water partition coefficient (Wildman–Crippen LogP) is 2.48. The Labute approximate surface area is 135 Å². The molecule has 3 N–H and O–H groups in total. The molecule has 1 rings (SSSR count). The van der Waals surface area contributed by atoms with Gasteiger partial charge < -0.3 is 20.5 Å². The van der Waals surface area contributed by atoms with Gasteiger partial charge in [-0.3, -0.25) is 0 Å². The van der Waals surface area contributed by atoms with Gasteiger partial charge in [-0.05, 0) is 31.4 Å². The van der Waals surface area contributed by atoms with Crippen LogP contribution >= 0.6 is 0 Å². The lowest BCUT2D eigenvalue weighted by molar-refractivity contribution is -0.139. The number of para-hydroxylation sites is 1. The lowest BCUT2D eigenvalue weighted by atomic mass is 10.0. The van der Waals surface area contributed by atoms with Crippen molar-refractivity contribution in [2.75, 3.05) is 11.9 Å². The van der Waals surface area contributed by atoms with Crippen LogP contribution in [0.5, 0.6) is 0 Å². The molecular weight excluding hydrogens is 300 g/mol. The van der Waals surface area contributed by atoms with Gasteiger partial charge in [0.1, 0.15) is 6.04 Å². The fraction of sp³-hybridized carbons (Fsp3) is 0.438. The summed E-state index contributed by atoms with van der Waals surface area (Å²) in [6.45, 7) is 5.63. The Morgan fingerprint density at radius 1 is 1.22 bits per heavy atom. The Kier molecular flexibility index (Phi) is 7.05. The molecule has 0 saturated heterocycles. The highest BCUT2D eigenvalue weighted by molar-refractivity contribution is 6.01. The van der Waals surface area contributed by atoms with Crippen LogP contribution in [0.3, 0.4) is 0 Å². The van der Waals surface area contributed by atoms with Gasteiger partial charge in [0.25, 0.3) is 0 Å². The van der Waals surface area contributed by atoms with Gasteiger partial charge in [-0.2, -0.15) is 0 Å². The molecule has 0 aliphatic carbocycles. The van der Waals surface area contributed by atoms with Crippen LogP contribution in [0.2, 0.25) is 0 Å². The highest BCUT2D eigenvalue weighted by Crippen LogP contribution is 2.16. The summed E-state index contributed by atoms with van der Waals surface area (Å²) in [6.07, 6.45) is 0.308. The van der Waals surface area contributed by atoms with Crippen LogP contribution in [0.15, 0.2) is 24.3 Å². The second kappa shape index (κ2) is 8.77. The number of carbonyl (C=O) groups is 3. The largest absolute Gasteiger partial charge is 0.480 e. The number of nitrogens with one attached hydrogen (secondary N) is 2. The molecule has 0 aliphatic rings. The second-order valence-electron chi connectivity index (χ2n) is 5.38. The van der Waals surface area contributed by atoms with E-state index < -0.39 is 24.0 Å². The van der Waals surface area contributed by atoms with Crippen LogP contribution in [0.25, 0.3) is 0 Å². The predicted molar refractivity (Wildman–Crippen MR) is 85.4 cm³/mol. The maximum Gasteiger partial charge on any atom is 0.340 e. The zero-order valence-corrected chi connectivity index (χ0v) is 13.5. The molecule has 0 saturated carbocycles. The average Bonchev–Trinajstić information content (AvgIpc) is 2.46. The summed E-state index contributed by atoms with van der Waals surface area (Å²) in [7, 11) is 0. The molecule has 7 nitrogen and oxygen atoms in total. The number of carboxylic acid groups (broad SMARTS) is 1. The van der Waals surface area contributed by atoms with Crippen molar-refractivity contribution in [1.82, 2.24) is 5.32 Å². The van der Waals surface area contributed by atoms with Crippen molar-refractivity contribution < 1.29 is 24.2 Å². The maximum atomic E-state index is 12.0. The van der Waals surface area contributed by atoms with Crippen molar-refractivity contribution >= 4 is 23.7 Å². The van der Waals surface area contributed by atoms with Crippen LogP contribution in [0.4, 0.5) is 10.5 Å². The van der Waals surface area contributed by atoms with Crippen molar-refractivity contribution in [2.45, 2.75) is 33.2 Å². The molecule has 0 spiro atoms. The van der Waals surface area contributed by atoms with Crippen LogP contribution in [0.1, 0.15) is 37.6 Å². The fourth-order valence-corrected chi connectivity index (χ4v) is 1.99. The minimum Gasteiger partial charge on any atom is -0.480 e. The number of hydrogen-bond acceptors (Lipinski definition) is 4. The van der Waals surface area contributed by atoms with Gasteiger partial charge in [-0.25, -0.2) is 14.4 Å². The quantitative estimate of drug-likeness (QED) is 0.669. The van der Waals surface area contributed by atoms with Crippen molar-refractivity contribution in [3.8, 4) is 0 Å². The first kappa shape index (κ1) is 18.5. The zero-order valence-electron chi connectivity index (χ0n) is 13.5. The highest BCUT2D eigenvalue weighted by Gasteiger charge is 2.22. The van der Waals surface area contributed by atoms with E-state index in [1.807, 2.05) is 13.8 Å². The van der Waals surface area contributed by atoms with E-state index in [-0.39, 0.29) is 23.8 Å². The fourth-order valence-electron chi connectivity index (χ4n) is 1.99. The number of anilines is 1. The molecule has 2 amide bonds. The third-order valence-electron chi connectivity index (χ3n) is 2.98. The van der Waals surface area contributed by atoms with E-state index in [2.05, 4.69) is 10.6 Å². The number of aliphatic carboxylic acids is 1. The summed E-state index contributed by atoms with van der Waals surface area (Å²) < 4.78 is 4.92. The Hall–Kier alpha value is -2.57. The molecule has 0 unspecified atom stereocenters. The van der Waals surface area contributed by atoms with Crippen molar-refractivity contribution in [3.05, 3.63) is 29.8 Å². The van der Waals surface area contributed by atoms with Crippen LogP contribution < -0.4 is 10.6 Å². The molecule has 126 valence electrons. The molecule has 0 radical (unpaired) electrons. The van der Waals surface area contributed by atoms with E-state index in [0.29, 0.717) is 6.42 Å².